The number of amides is 1. The van der Waals surface area contributed by atoms with Crippen LogP contribution in [0.15, 0.2) is 0 Å². The number of nitrogens with one attached hydrogen (secondary N) is 2. The second-order valence-corrected chi connectivity index (χ2v) is 3.56. The Morgan fingerprint density at radius 2 is 2.14 bits per heavy atom. The number of carbonyl (C=O) groups is 1. The van der Waals surface area contributed by atoms with E-state index in [4.69, 9.17) is 4.74 Å². The molecule has 1 amide bonds. The van der Waals surface area contributed by atoms with Crippen molar-refractivity contribution < 1.29 is 9.53 Å². The highest BCUT2D eigenvalue weighted by molar-refractivity contribution is 5.76. The Morgan fingerprint density at radius 3 is 2.79 bits per heavy atom. The van der Waals surface area contributed by atoms with Gasteiger partial charge in [-0.1, -0.05) is 6.92 Å². The van der Waals surface area contributed by atoms with Gasteiger partial charge in [-0.05, 0) is 19.4 Å². The van der Waals surface area contributed by atoms with Crippen LogP contribution in [-0.2, 0) is 9.53 Å². The zero-order valence-corrected chi connectivity index (χ0v) is 8.84. The van der Waals surface area contributed by atoms with Gasteiger partial charge in [0.25, 0.3) is 0 Å². The molecule has 1 fully saturated rings. The lowest BCUT2D eigenvalue weighted by molar-refractivity contribution is -0.122. The molecule has 1 saturated heterocycles. The average molecular weight is 200 g/mol. The summed E-state index contributed by atoms with van der Waals surface area (Å²) in [6.45, 7) is 5.28. The third-order valence-electron chi connectivity index (χ3n) is 2.37. The molecule has 1 aliphatic heterocycles. The Balaban J connectivity index is 2.06. The molecule has 82 valence electrons. The molecular formula is C10H20N2O2. The predicted molar refractivity (Wildman–Crippen MR) is 55.1 cm³/mol. The average Bonchev–Trinajstić information content (AvgIpc) is 2.20. The van der Waals surface area contributed by atoms with E-state index in [1.165, 1.54) is 0 Å². The molecule has 2 N–H and O–H groups in total. The lowest BCUT2D eigenvalue weighted by Crippen LogP contribution is -2.39. The van der Waals surface area contributed by atoms with Crippen molar-refractivity contribution in [3.8, 4) is 0 Å². The minimum Gasteiger partial charge on any atom is -0.381 e. The highest BCUT2D eigenvalue weighted by Crippen LogP contribution is 2.05. The maximum atomic E-state index is 11.4. The maximum absolute atomic E-state index is 11.4. The van der Waals surface area contributed by atoms with E-state index in [2.05, 4.69) is 10.6 Å². The Hall–Kier alpha value is -0.610. The van der Waals surface area contributed by atoms with Gasteiger partial charge in [-0.15, -0.1) is 0 Å². The molecule has 0 atom stereocenters. The molecule has 4 heteroatoms. The summed E-state index contributed by atoms with van der Waals surface area (Å²) in [5, 5.41) is 6.15. The van der Waals surface area contributed by atoms with E-state index >= 15 is 0 Å². The summed E-state index contributed by atoms with van der Waals surface area (Å²) in [7, 11) is 0. The van der Waals surface area contributed by atoms with Crippen LogP contribution in [0, 0.1) is 0 Å². The molecule has 0 radical (unpaired) electrons. The van der Waals surface area contributed by atoms with Gasteiger partial charge in [0, 0.05) is 32.2 Å². The van der Waals surface area contributed by atoms with Gasteiger partial charge in [0.2, 0.25) is 5.91 Å². The largest absolute Gasteiger partial charge is 0.381 e. The van der Waals surface area contributed by atoms with E-state index in [1.54, 1.807) is 0 Å². The Bertz CT molecular complexity index is 168. The van der Waals surface area contributed by atoms with Gasteiger partial charge in [0.15, 0.2) is 0 Å². The summed E-state index contributed by atoms with van der Waals surface area (Å²) in [6, 6.07) is 0.331. The number of carbonyl (C=O) groups excluding carboxylic acids is 1. The normalized spacial score (nSPS) is 18.1. The van der Waals surface area contributed by atoms with E-state index in [0.717, 1.165) is 39.1 Å². The molecule has 0 bridgehead atoms. The van der Waals surface area contributed by atoms with Crippen molar-refractivity contribution in [2.45, 2.75) is 32.2 Å². The first-order valence-electron chi connectivity index (χ1n) is 5.40. The van der Waals surface area contributed by atoms with Gasteiger partial charge in [0.1, 0.15) is 0 Å². The number of hydrogen-bond donors (Lipinski definition) is 2. The minimum atomic E-state index is 0.151. The monoisotopic (exact) mass is 200 g/mol. The van der Waals surface area contributed by atoms with Crippen molar-refractivity contribution in [2.24, 2.45) is 0 Å². The van der Waals surface area contributed by atoms with Crippen molar-refractivity contribution in [3.05, 3.63) is 0 Å². The van der Waals surface area contributed by atoms with Gasteiger partial charge in [-0.2, -0.15) is 0 Å². The first kappa shape index (κ1) is 11.5. The predicted octanol–water partition coefficient (Wildman–Crippen LogP) is 0.281. The number of rotatable bonds is 5. The SMILES string of the molecule is CCNCCC(=O)NC1CCOCC1. The van der Waals surface area contributed by atoms with E-state index in [-0.39, 0.29) is 5.91 Å². The third kappa shape index (κ3) is 4.58. The third-order valence-corrected chi connectivity index (χ3v) is 2.37. The van der Waals surface area contributed by atoms with Crippen molar-refractivity contribution in [2.75, 3.05) is 26.3 Å². The lowest BCUT2D eigenvalue weighted by Gasteiger charge is -2.23. The second-order valence-electron chi connectivity index (χ2n) is 3.56. The van der Waals surface area contributed by atoms with Crippen LogP contribution in [0.1, 0.15) is 26.2 Å². The number of hydrogen-bond acceptors (Lipinski definition) is 3. The molecule has 1 rings (SSSR count). The molecule has 0 aromatic heterocycles. The molecule has 0 aliphatic carbocycles. The molecule has 1 aliphatic rings. The molecule has 0 saturated carbocycles. The first-order valence-corrected chi connectivity index (χ1v) is 5.40. The van der Waals surface area contributed by atoms with Gasteiger partial charge in [-0.3, -0.25) is 4.79 Å². The van der Waals surface area contributed by atoms with Crippen LogP contribution in [-0.4, -0.2) is 38.3 Å². The fourth-order valence-electron chi connectivity index (χ4n) is 1.52. The van der Waals surface area contributed by atoms with Crippen LogP contribution >= 0.6 is 0 Å². The summed E-state index contributed by atoms with van der Waals surface area (Å²) in [6.07, 6.45) is 2.48. The van der Waals surface area contributed by atoms with E-state index in [9.17, 15) is 4.79 Å². The molecule has 0 unspecified atom stereocenters. The Morgan fingerprint density at radius 1 is 1.43 bits per heavy atom. The highest BCUT2D eigenvalue weighted by atomic mass is 16.5. The second kappa shape index (κ2) is 6.79. The minimum absolute atomic E-state index is 0.151. The van der Waals surface area contributed by atoms with Crippen molar-refractivity contribution in [1.82, 2.24) is 10.6 Å². The molecule has 4 nitrogen and oxygen atoms in total. The summed E-state index contributed by atoms with van der Waals surface area (Å²) in [5.41, 5.74) is 0. The van der Waals surface area contributed by atoms with Gasteiger partial charge in [-0.25, -0.2) is 0 Å². The molecule has 1 heterocycles. The van der Waals surface area contributed by atoms with Crippen molar-refractivity contribution in [1.29, 1.82) is 0 Å². The lowest BCUT2D eigenvalue weighted by atomic mass is 10.1. The molecule has 0 spiro atoms. The van der Waals surface area contributed by atoms with Crippen LogP contribution < -0.4 is 10.6 Å². The van der Waals surface area contributed by atoms with E-state index in [0.29, 0.717) is 12.5 Å². The highest BCUT2D eigenvalue weighted by Gasteiger charge is 2.15. The van der Waals surface area contributed by atoms with Crippen LogP contribution in [0.25, 0.3) is 0 Å². The Labute approximate surface area is 85.4 Å². The molecule has 0 aromatic rings. The van der Waals surface area contributed by atoms with Crippen molar-refractivity contribution >= 4 is 5.91 Å². The van der Waals surface area contributed by atoms with Crippen LogP contribution in [0.4, 0.5) is 0 Å². The molecule has 0 aromatic carbocycles. The summed E-state index contributed by atoms with van der Waals surface area (Å²) in [5.74, 6) is 0.151. The van der Waals surface area contributed by atoms with Crippen LogP contribution in [0.5, 0.6) is 0 Å². The molecule has 14 heavy (non-hydrogen) atoms. The zero-order valence-electron chi connectivity index (χ0n) is 8.84. The quantitative estimate of drug-likeness (QED) is 0.627. The van der Waals surface area contributed by atoms with Gasteiger partial charge < -0.3 is 15.4 Å². The smallest absolute Gasteiger partial charge is 0.221 e. The number of ether oxygens (including phenoxy) is 1. The Kier molecular flexibility index (Phi) is 5.56. The van der Waals surface area contributed by atoms with Crippen LogP contribution in [0.3, 0.4) is 0 Å². The topological polar surface area (TPSA) is 50.4 Å². The van der Waals surface area contributed by atoms with Gasteiger partial charge in [0.05, 0.1) is 0 Å². The van der Waals surface area contributed by atoms with Crippen molar-refractivity contribution in [3.63, 3.8) is 0 Å². The molecular weight excluding hydrogens is 180 g/mol. The van der Waals surface area contributed by atoms with E-state index < -0.39 is 0 Å². The fraction of sp³-hybridized carbons (Fsp3) is 0.900. The standard InChI is InChI=1S/C10H20N2O2/c1-2-11-6-3-10(13)12-9-4-7-14-8-5-9/h9,11H,2-8H2,1H3,(H,12,13). The van der Waals surface area contributed by atoms with Gasteiger partial charge >= 0.3 is 0 Å². The summed E-state index contributed by atoms with van der Waals surface area (Å²) >= 11 is 0. The van der Waals surface area contributed by atoms with E-state index in [1.807, 2.05) is 6.92 Å². The maximum Gasteiger partial charge on any atom is 0.221 e. The fourth-order valence-corrected chi connectivity index (χ4v) is 1.52. The first-order chi connectivity index (χ1) is 6.83. The van der Waals surface area contributed by atoms with Crippen LogP contribution in [0.2, 0.25) is 0 Å². The summed E-state index contributed by atoms with van der Waals surface area (Å²) < 4.78 is 5.22. The summed E-state index contributed by atoms with van der Waals surface area (Å²) in [4.78, 5) is 11.4. The zero-order chi connectivity index (χ0) is 10.2.